The molecule has 0 heterocycles. The molecule has 3 rings (SSSR count). The Bertz CT molecular complexity index is 1080. The van der Waals surface area contributed by atoms with Crippen molar-refractivity contribution in [3.8, 4) is 0 Å². The van der Waals surface area contributed by atoms with Gasteiger partial charge in [-0.2, -0.15) is 0 Å². The number of hydrogen-bond acceptors (Lipinski definition) is 6. The van der Waals surface area contributed by atoms with Crippen molar-refractivity contribution in [2.45, 2.75) is 20.8 Å². The molecule has 190 valence electrons. The van der Waals surface area contributed by atoms with E-state index in [0.717, 1.165) is 0 Å². The molecule has 0 radical (unpaired) electrons. The Balaban J connectivity index is 2.16. The van der Waals surface area contributed by atoms with Crippen LogP contribution >= 0.6 is 17.0 Å². The summed E-state index contributed by atoms with van der Waals surface area (Å²) in [5.74, 6) is -1.33. The molecule has 0 fully saturated rings. The molecule has 0 N–H and O–H groups in total. The summed E-state index contributed by atoms with van der Waals surface area (Å²) < 4.78 is 17.2. The van der Waals surface area contributed by atoms with Gasteiger partial charge < -0.3 is 0 Å². The number of ether oxygens (including phenoxy) is 3. The van der Waals surface area contributed by atoms with Crippen LogP contribution in [0.4, 0.5) is 0 Å². The molecular formula is C27H27BiCl2O6. The van der Waals surface area contributed by atoms with Crippen LogP contribution in [-0.2, 0) is 14.2 Å². The molecule has 6 nitrogen and oxygen atoms in total. The molecule has 0 aliphatic carbocycles. The average molecular weight is 727 g/mol. The predicted molar refractivity (Wildman–Crippen MR) is 144 cm³/mol. The van der Waals surface area contributed by atoms with Crippen LogP contribution < -0.4 is 9.81 Å². The van der Waals surface area contributed by atoms with Gasteiger partial charge in [-0.1, -0.05) is 0 Å². The number of hydrogen-bond donors (Lipinski definition) is 0. The topological polar surface area (TPSA) is 78.9 Å². The van der Waals surface area contributed by atoms with E-state index in [9.17, 15) is 14.4 Å². The molecule has 0 aromatic heterocycles. The summed E-state index contributed by atoms with van der Waals surface area (Å²) >= 11 is -5.36. The molecular weight excluding hydrogens is 700 g/mol. The first-order chi connectivity index (χ1) is 17.1. The molecule has 0 spiro atoms. The summed E-state index contributed by atoms with van der Waals surface area (Å²) in [7, 11) is 15.2. The van der Waals surface area contributed by atoms with Crippen molar-refractivity contribution in [2.24, 2.45) is 0 Å². The van der Waals surface area contributed by atoms with E-state index in [1.807, 2.05) is 0 Å². The van der Waals surface area contributed by atoms with Gasteiger partial charge in [-0.25, -0.2) is 0 Å². The monoisotopic (exact) mass is 726 g/mol. The molecule has 0 unspecified atom stereocenters. The van der Waals surface area contributed by atoms with Crippen molar-refractivity contribution in [1.29, 1.82) is 0 Å². The number of halogens is 2. The third-order valence-corrected chi connectivity index (χ3v) is 29.8. The molecule has 0 aliphatic rings. The van der Waals surface area contributed by atoms with Gasteiger partial charge in [0.05, 0.1) is 0 Å². The van der Waals surface area contributed by atoms with Gasteiger partial charge in [0.2, 0.25) is 0 Å². The van der Waals surface area contributed by atoms with E-state index in [0.29, 0.717) is 26.5 Å². The number of carbonyl (C=O) groups excluding carboxylic acids is 3. The van der Waals surface area contributed by atoms with Gasteiger partial charge in [0.15, 0.2) is 0 Å². The zero-order chi connectivity index (χ0) is 26.4. The SMILES string of the molecule is CCOC(=O)c1cc[c]([Bi]([Cl])([Cl])([c]2ccc(C(=O)OCC)cc2)[c]2ccc(C(=O)OCC)cc2)cc1. The van der Waals surface area contributed by atoms with Crippen LogP contribution in [0.15, 0.2) is 72.8 Å². The van der Waals surface area contributed by atoms with E-state index < -0.39 is 34.3 Å². The third-order valence-electron chi connectivity index (χ3n) is 5.50. The van der Waals surface area contributed by atoms with Gasteiger partial charge in [-0.15, -0.1) is 0 Å². The van der Waals surface area contributed by atoms with E-state index in [-0.39, 0.29) is 19.8 Å². The van der Waals surface area contributed by atoms with Gasteiger partial charge >= 0.3 is 220 Å². The van der Waals surface area contributed by atoms with Gasteiger partial charge in [0.1, 0.15) is 0 Å². The minimum atomic E-state index is -5.36. The van der Waals surface area contributed by atoms with Crippen LogP contribution in [0.2, 0.25) is 0 Å². The van der Waals surface area contributed by atoms with Crippen molar-refractivity contribution in [3.63, 3.8) is 0 Å². The van der Waals surface area contributed by atoms with Crippen LogP contribution in [0.5, 0.6) is 0 Å². The maximum atomic E-state index is 12.2. The van der Waals surface area contributed by atoms with Gasteiger partial charge in [-0.05, 0) is 0 Å². The summed E-state index contributed by atoms with van der Waals surface area (Å²) in [5, 5.41) is 0. The Morgan fingerprint density at radius 3 is 0.944 bits per heavy atom. The normalized spacial score (nSPS) is 12.2. The molecule has 9 heteroatoms. The summed E-state index contributed by atoms with van der Waals surface area (Å²) in [6.45, 7) is 5.99. The molecule has 0 saturated heterocycles. The Morgan fingerprint density at radius 1 is 0.528 bits per heavy atom. The summed E-state index contributed by atoms with van der Waals surface area (Å²) in [4.78, 5) is 36.5. The quantitative estimate of drug-likeness (QED) is 0.188. The first-order valence-electron chi connectivity index (χ1n) is 11.4. The molecule has 0 saturated carbocycles. The van der Waals surface area contributed by atoms with Crippen molar-refractivity contribution in [1.82, 2.24) is 0 Å². The van der Waals surface area contributed by atoms with Crippen molar-refractivity contribution < 1.29 is 28.6 Å². The summed E-state index contributed by atoms with van der Waals surface area (Å²) in [6, 6.07) is 20.2. The van der Waals surface area contributed by atoms with Gasteiger partial charge in [0, 0.05) is 0 Å². The number of carbonyl (C=O) groups is 3. The predicted octanol–water partition coefficient (Wildman–Crippen LogP) is 4.11. The van der Waals surface area contributed by atoms with E-state index >= 15 is 0 Å². The van der Waals surface area contributed by atoms with Crippen molar-refractivity contribution >= 4 is 61.1 Å². The summed E-state index contributed by atoms with van der Waals surface area (Å²) in [6.07, 6.45) is 0. The maximum absolute atomic E-state index is 12.2. The third kappa shape index (κ3) is 5.59. The van der Waals surface area contributed by atoms with Gasteiger partial charge in [-0.3, -0.25) is 0 Å². The molecule has 3 aromatic carbocycles. The second-order valence-electron chi connectivity index (χ2n) is 7.71. The fraction of sp³-hybridized carbons (Fsp3) is 0.222. The first-order valence-corrected chi connectivity index (χ1v) is 25.2. The van der Waals surface area contributed by atoms with Crippen LogP contribution in [0.3, 0.4) is 0 Å². The fourth-order valence-electron chi connectivity index (χ4n) is 3.67. The molecule has 0 atom stereocenters. The average Bonchev–Trinajstić information content (AvgIpc) is 2.89. The van der Waals surface area contributed by atoms with Gasteiger partial charge in [0.25, 0.3) is 0 Å². The first kappa shape index (κ1) is 28.1. The van der Waals surface area contributed by atoms with E-state index in [1.165, 1.54) is 0 Å². The second-order valence-corrected chi connectivity index (χ2v) is 34.2. The number of esters is 3. The zero-order valence-corrected chi connectivity index (χ0v) is 25.2. The van der Waals surface area contributed by atoms with E-state index in [4.69, 9.17) is 31.2 Å². The molecule has 0 aliphatic heterocycles. The van der Waals surface area contributed by atoms with Crippen molar-refractivity contribution in [2.75, 3.05) is 19.8 Å². The number of benzene rings is 3. The molecule has 0 amide bonds. The van der Waals surface area contributed by atoms with E-state index in [2.05, 4.69) is 0 Å². The summed E-state index contributed by atoms with van der Waals surface area (Å²) in [5.41, 5.74) is 1.13. The van der Waals surface area contributed by atoms with Crippen LogP contribution in [0.25, 0.3) is 0 Å². The van der Waals surface area contributed by atoms with Crippen LogP contribution in [0, 0.1) is 0 Å². The Kier molecular flexibility index (Phi) is 9.15. The van der Waals surface area contributed by atoms with Crippen molar-refractivity contribution in [3.05, 3.63) is 89.5 Å². The fourth-order valence-corrected chi connectivity index (χ4v) is 20.9. The van der Waals surface area contributed by atoms with Crippen LogP contribution in [0.1, 0.15) is 51.8 Å². The Labute approximate surface area is 218 Å². The molecule has 3 aromatic rings. The number of rotatable bonds is 9. The Morgan fingerprint density at radius 2 is 0.750 bits per heavy atom. The van der Waals surface area contributed by atoms with Crippen LogP contribution in [-0.4, -0.2) is 54.1 Å². The van der Waals surface area contributed by atoms with E-state index in [1.54, 1.807) is 93.6 Å². The minimum absolute atomic E-state index is 0.260. The Hall–Kier alpha value is -2.47. The standard InChI is InChI=1S/3C9H9O2.Bi.2ClH/c3*1-2-11-9(10)8-6-4-3-5-7-8;;;/h3*4-7H,2H2,1H3;;2*1H/q;;;+2;;/p-2. The zero-order valence-electron chi connectivity index (χ0n) is 20.2. The molecule has 0 bridgehead atoms. The second kappa shape index (κ2) is 11.7. The molecule has 36 heavy (non-hydrogen) atoms.